The predicted molar refractivity (Wildman–Crippen MR) is 52.9 cm³/mol. The maximum Gasteiger partial charge on any atom is 0.0962 e. The number of aliphatic hydroxyl groups is 1. The molecule has 3 N–H and O–H groups in total. The van der Waals surface area contributed by atoms with Gasteiger partial charge >= 0.3 is 0 Å². The number of rotatable bonds is 4. The zero-order valence-electron chi connectivity index (χ0n) is 8.54. The molecule has 1 aromatic heterocycles. The molecule has 1 aliphatic rings. The highest BCUT2D eigenvalue weighted by Crippen LogP contribution is 2.20. The van der Waals surface area contributed by atoms with Crippen molar-refractivity contribution < 1.29 is 9.84 Å². The second-order valence-electron chi connectivity index (χ2n) is 3.78. The highest BCUT2D eigenvalue weighted by molar-refractivity contribution is 4.90. The molecule has 0 aliphatic carbocycles. The van der Waals surface area contributed by atoms with Gasteiger partial charge in [0.05, 0.1) is 31.1 Å². The zero-order valence-corrected chi connectivity index (χ0v) is 8.54. The van der Waals surface area contributed by atoms with Crippen molar-refractivity contribution in [3.63, 3.8) is 0 Å². The summed E-state index contributed by atoms with van der Waals surface area (Å²) in [5.41, 5.74) is 6.22. The molecule has 0 amide bonds. The van der Waals surface area contributed by atoms with E-state index in [4.69, 9.17) is 15.6 Å². The molecule has 2 rings (SSSR count). The third-order valence-electron chi connectivity index (χ3n) is 2.59. The molecule has 0 unspecified atom stereocenters. The Labute approximate surface area is 88.0 Å². The molecule has 1 fully saturated rings. The molecule has 6 nitrogen and oxygen atoms in total. The Morgan fingerprint density at radius 2 is 2.33 bits per heavy atom. The first-order valence-corrected chi connectivity index (χ1v) is 5.17. The van der Waals surface area contributed by atoms with E-state index in [1.54, 1.807) is 4.68 Å². The Balaban J connectivity index is 1.87. The Morgan fingerprint density at radius 3 is 2.93 bits per heavy atom. The van der Waals surface area contributed by atoms with Crippen molar-refractivity contribution in [2.75, 3.05) is 6.61 Å². The SMILES string of the molecule is NCc1cn(C[C@H]2CC[C@@H](CO)O2)nn1. The molecule has 0 bridgehead atoms. The summed E-state index contributed by atoms with van der Waals surface area (Å²) in [4.78, 5) is 0. The quantitative estimate of drug-likeness (QED) is 0.687. The van der Waals surface area contributed by atoms with Gasteiger partial charge in [-0.2, -0.15) is 0 Å². The Morgan fingerprint density at radius 1 is 1.53 bits per heavy atom. The van der Waals surface area contributed by atoms with Gasteiger partial charge in [0.25, 0.3) is 0 Å². The molecule has 6 heteroatoms. The summed E-state index contributed by atoms with van der Waals surface area (Å²) in [6.45, 7) is 1.19. The highest BCUT2D eigenvalue weighted by Gasteiger charge is 2.24. The van der Waals surface area contributed by atoms with Gasteiger partial charge in [0.2, 0.25) is 0 Å². The Hall–Kier alpha value is -0.980. The van der Waals surface area contributed by atoms with E-state index in [1.807, 2.05) is 6.20 Å². The van der Waals surface area contributed by atoms with Gasteiger partial charge in [-0.05, 0) is 12.8 Å². The van der Waals surface area contributed by atoms with Crippen LogP contribution in [0, 0.1) is 0 Å². The van der Waals surface area contributed by atoms with E-state index in [1.165, 1.54) is 0 Å². The van der Waals surface area contributed by atoms with Crippen molar-refractivity contribution in [3.05, 3.63) is 11.9 Å². The maximum absolute atomic E-state index is 8.92. The van der Waals surface area contributed by atoms with Gasteiger partial charge in [0.1, 0.15) is 0 Å². The Bertz CT molecular complexity index is 315. The smallest absolute Gasteiger partial charge is 0.0962 e. The van der Waals surface area contributed by atoms with E-state index >= 15 is 0 Å². The molecular formula is C9H16N4O2. The van der Waals surface area contributed by atoms with Crippen LogP contribution in [0.4, 0.5) is 0 Å². The topological polar surface area (TPSA) is 86.2 Å². The van der Waals surface area contributed by atoms with E-state index in [9.17, 15) is 0 Å². The molecule has 0 spiro atoms. The number of hydrogen-bond acceptors (Lipinski definition) is 5. The molecule has 15 heavy (non-hydrogen) atoms. The van der Waals surface area contributed by atoms with E-state index in [2.05, 4.69) is 10.3 Å². The normalized spacial score (nSPS) is 26.0. The van der Waals surface area contributed by atoms with Crippen LogP contribution < -0.4 is 5.73 Å². The van der Waals surface area contributed by atoms with Crippen molar-refractivity contribution >= 4 is 0 Å². The first-order chi connectivity index (χ1) is 7.31. The lowest BCUT2D eigenvalue weighted by Gasteiger charge is -2.11. The van der Waals surface area contributed by atoms with Crippen LogP contribution in [0.5, 0.6) is 0 Å². The van der Waals surface area contributed by atoms with E-state index in [-0.39, 0.29) is 18.8 Å². The average Bonchev–Trinajstić information content (AvgIpc) is 2.87. The van der Waals surface area contributed by atoms with Gasteiger partial charge in [-0.1, -0.05) is 5.21 Å². The largest absolute Gasteiger partial charge is 0.394 e. The number of nitrogens with zero attached hydrogens (tertiary/aromatic N) is 3. The fourth-order valence-electron chi connectivity index (χ4n) is 1.78. The lowest BCUT2D eigenvalue weighted by Crippen LogP contribution is -2.19. The third kappa shape index (κ3) is 2.53. The van der Waals surface area contributed by atoms with Gasteiger partial charge in [-0.25, -0.2) is 4.68 Å². The molecule has 2 atom stereocenters. The molecule has 84 valence electrons. The van der Waals surface area contributed by atoms with Crippen LogP contribution in [-0.4, -0.2) is 38.9 Å². The molecule has 1 aliphatic heterocycles. The predicted octanol–water partition coefficient (Wildman–Crippen LogP) is -0.723. The first-order valence-electron chi connectivity index (χ1n) is 5.17. The monoisotopic (exact) mass is 212 g/mol. The number of nitrogens with two attached hydrogens (primary N) is 1. The molecule has 0 saturated carbocycles. The minimum absolute atomic E-state index is 0.00694. The van der Waals surface area contributed by atoms with E-state index in [0.717, 1.165) is 18.5 Å². The van der Waals surface area contributed by atoms with Crippen molar-refractivity contribution in [1.29, 1.82) is 0 Å². The second kappa shape index (κ2) is 4.69. The molecule has 0 aromatic carbocycles. The molecular weight excluding hydrogens is 196 g/mol. The standard InChI is InChI=1S/C9H16N4O2/c10-3-7-4-13(12-11-7)5-8-1-2-9(6-14)15-8/h4,8-9,14H,1-3,5-6,10H2/t8-,9+/m1/s1. The summed E-state index contributed by atoms with van der Waals surface area (Å²) in [5.74, 6) is 0. The van der Waals surface area contributed by atoms with Crippen LogP contribution in [0.3, 0.4) is 0 Å². The lowest BCUT2D eigenvalue weighted by molar-refractivity contribution is 0.00341. The first kappa shape index (κ1) is 10.5. The molecule has 2 heterocycles. The van der Waals surface area contributed by atoms with Crippen molar-refractivity contribution in [2.24, 2.45) is 5.73 Å². The van der Waals surface area contributed by atoms with Crippen LogP contribution in [0.15, 0.2) is 6.20 Å². The van der Waals surface area contributed by atoms with Crippen LogP contribution >= 0.6 is 0 Å². The highest BCUT2D eigenvalue weighted by atomic mass is 16.5. The summed E-state index contributed by atoms with van der Waals surface area (Å²) >= 11 is 0. The average molecular weight is 212 g/mol. The number of hydrogen-bond donors (Lipinski definition) is 2. The van der Waals surface area contributed by atoms with Crippen LogP contribution in [-0.2, 0) is 17.8 Å². The second-order valence-corrected chi connectivity index (χ2v) is 3.78. The fourth-order valence-corrected chi connectivity index (χ4v) is 1.78. The summed E-state index contributed by atoms with van der Waals surface area (Å²) in [7, 11) is 0. The number of aliphatic hydroxyl groups excluding tert-OH is 1. The minimum atomic E-state index is -0.00694. The van der Waals surface area contributed by atoms with Gasteiger partial charge in [-0.15, -0.1) is 5.10 Å². The van der Waals surface area contributed by atoms with Gasteiger partial charge in [-0.3, -0.25) is 0 Å². The Kier molecular flexibility index (Phi) is 3.30. The summed E-state index contributed by atoms with van der Waals surface area (Å²) in [6.07, 6.45) is 3.83. The van der Waals surface area contributed by atoms with Crippen LogP contribution in [0.25, 0.3) is 0 Å². The zero-order chi connectivity index (χ0) is 10.7. The van der Waals surface area contributed by atoms with Crippen molar-refractivity contribution in [2.45, 2.75) is 38.1 Å². The third-order valence-corrected chi connectivity index (χ3v) is 2.59. The summed E-state index contributed by atoms with van der Waals surface area (Å²) in [6, 6.07) is 0. The fraction of sp³-hybridized carbons (Fsp3) is 0.778. The number of ether oxygens (including phenoxy) is 1. The van der Waals surface area contributed by atoms with E-state index in [0.29, 0.717) is 13.1 Å². The number of aromatic nitrogens is 3. The molecule has 0 radical (unpaired) electrons. The van der Waals surface area contributed by atoms with Crippen molar-refractivity contribution in [1.82, 2.24) is 15.0 Å². The van der Waals surface area contributed by atoms with Gasteiger partial charge in [0.15, 0.2) is 0 Å². The lowest BCUT2D eigenvalue weighted by atomic mass is 10.2. The summed E-state index contributed by atoms with van der Waals surface area (Å²) < 4.78 is 7.33. The minimum Gasteiger partial charge on any atom is -0.394 e. The van der Waals surface area contributed by atoms with Crippen molar-refractivity contribution in [3.8, 4) is 0 Å². The maximum atomic E-state index is 8.92. The van der Waals surface area contributed by atoms with Gasteiger partial charge in [0, 0.05) is 12.7 Å². The summed E-state index contributed by atoms with van der Waals surface area (Å²) in [5, 5.41) is 16.8. The molecule has 1 saturated heterocycles. The van der Waals surface area contributed by atoms with Gasteiger partial charge < -0.3 is 15.6 Å². The van der Waals surface area contributed by atoms with Crippen LogP contribution in [0.2, 0.25) is 0 Å². The van der Waals surface area contributed by atoms with E-state index < -0.39 is 0 Å². The van der Waals surface area contributed by atoms with Crippen LogP contribution in [0.1, 0.15) is 18.5 Å². The molecule has 1 aromatic rings.